The van der Waals surface area contributed by atoms with E-state index in [-0.39, 0.29) is 16.6 Å². The van der Waals surface area contributed by atoms with E-state index in [2.05, 4.69) is 30.5 Å². The number of nitrogens with two attached hydrogens (primary N) is 1. The van der Waals surface area contributed by atoms with Crippen LogP contribution in [0.2, 0.25) is 5.02 Å². The summed E-state index contributed by atoms with van der Waals surface area (Å²) in [6, 6.07) is 14.0. The predicted molar refractivity (Wildman–Crippen MR) is 156 cm³/mol. The third-order valence-electron chi connectivity index (χ3n) is 6.97. The number of halogens is 2. The third-order valence-corrected chi connectivity index (χ3v) is 7.26. The number of amides is 1. The molecule has 4 N–H and O–H groups in total. The van der Waals surface area contributed by atoms with E-state index in [1.165, 1.54) is 12.4 Å². The van der Waals surface area contributed by atoms with Gasteiger partial charge in [-0.3, -0.25) is 4.79 Å². The fraction of sp³-hybridized carbons (Fsp3) is 0.172. The maximum atomic E-state index is 14.6. The van der Waals surface area contributed by atoms with Crippen molar-refractivity contribution in [1.29, 1.82) is 0 Å². The zero-order valence-corrected chi connectivity index (χ0v) is 22.3. The molecule has 1 aliphatic rings. The van der Waals surface area contributed by atoms with Crippen LogP contribution in [0.25, 0.3) is 21.7 Å². The number of fused-ring (bicyclic) bond motifs is 2. The number of carbonyl (C=O) groups is 1. The van der Waals surface area contributed by atoms with Crippen molar-refractivity contribution < 1.29 is 13.9 Å². The number of benzene rings is 3. The molecule has 5 aromatic rings. The highest BCUT2D eigenvalue weighted by molar-refractivity contribution is 6.31. The summed E-state index contributed by atoms with van der Waals surface area (Å²) in [7, 11) is 0. The molecule has 40 heavy (non-hydrogen) atoms. The summed E-state index contributed by atoms with van der Waals surface area (Å²) >= 11 is 5.96. The number of carbonyl (C=O) groups excluding carboxylic acids is 1. The molecular formula is C29H25ClFN7O2. The molecule has 2 aromatic heterocycles. The van der Waals surface area contributed by atoms with E-state index in [1.807, 2.05) is 31.2 Å². The van der Waals surface area contributed by atoms with Gasteiger partial charge in [0.25, 0.3) is 5.91 Å². The van der Waals surface area contributed by atoms with E-state index in [0.29, 0.717) is 65.5 Å². The molecule has 0 unspecified atom stereocenters. The van der Waals surface area contributed by atoms with Crippen LogP contribution in [0.3, 0.4) is 0 Å². The normalized spacial score (nSPS) is 13.5. The number of aryl methyl sites for hydroxylation is 1. The van der Waals surface area contributed by atoms with Crippen LogP contribution < -0.4 is 21.3 Å². The number of rotatable bonds is 5. The Hall–Kier alpha value is -4.54. The van der Waals surface area contributed by atoms with Crippen molar-refractivity contribution in [3.63, 3.8) is 0 Å². The summed E-state index contributed by atoms with van der Waals surface area (Å²) in [5.41, 5.74) is 9.52. The first-order chi connectivity index (χ1) is 19.4. The second-order valence-corrected chi connectivity index (χ2v) is 9.85. The zero-order chi connectivity index (χ0) is 27.8. The Morgan fingerprint density at radius 3 is 2.70 bits per heavy atom. The molecule has 3 heterocycles. The standard InChI is InChI=1S/C29H25ClFN7O2/c1-16-5-6-19-18(7-8-33-28(19)36-23-4-2-3-22(30)24(23)31)25(16)37-29(39)21-14-17(38-9-11-40-12-10-38)13-20-26(21)34-15-35-27(20)32/h2-8,13-15H,9-12H2,1H3,(H,33,36)(H,37,39)(H2,32,34,35). The summed E-state index contributed by atoms with van der Waals surface area (Å²) in [6.07, 6.45) is 2.95. The lowest BCUT2D eigenvalue weighted by molar-refractivity contribution is 0.102. The molecular weight excluding hydrogens is 533 g/mol. The molecule has 0 bridgehead atoms. The molecule has 202 valence electrons. The topological polar surface area (TPSA) is 118 Å². The highest BCUT2D eigenvalue weighted by Gasteiger charge is 2.21. The summed E-state index contributed by atoms with van der Waals surface area (Å²) in [5, 5.41) is 8.16. The number of aromatic nitrogens is 3. The van der Waals surface area contributed by atoms with Gasteiger partial charge in [0.05, 0.1) is 40.7 Å². The van der Waals surface area contributed by atoms with E-state index in [4.69, 9.17) is 22.1 Å². The first-order valence-corrected chi connectivity index (χ1v) is 13.1. The molecule has 1 fully saturated rings. The average Bonchev–Trinajstić information content (AvgIpc) is 2.97. The van der Waals surface area contributed by atoms with Crippen molar-refractivity contribution in [3.05, 3.63) is 83.0 Å². The first kappa shape index (κ1) is 25.7. The van der Waals surface area contributed by atoms with Crippen molar-refractivity contribution in [1.82, 2.24) is 15.0 Å². The second-order valence-electron chi connectivity index (χ2n) is 9.44. The Kier molecular flexibility index (Phi) is 6.79. The van der Waals surface area contributed by atoms with Crippen molar-refractivity contribution in [2.75, 3.05) is 47.6 Å². The summed E-state index contributed by atoms with van der Waals surface area (Å²) in [6.45, 7) is 4.48. The number of hydrogen-bond acceptors (Lipinski definition) is 8. The van der Waals surface area contributed by atoms with Gasteiger partial charge in [0.2, 0.25) is 0 Å². The maximum Gasteiger partial charge on any atom is 0.257 e. The van der Waals surface area contributed by atoms with Crippen molar-refractivity contribution in [2.24, 2.45) is 0 Å². The fourth-order valence-corrected chi connectivity index (χ4v) is 5.06. The lowest BCUT2D eigenvalue weighted by atomic mass is 10.0. The largest absolute Gasteiger partial charge is 0.383 e. The summed E-state index contributed by atoms with van der Waals surface area (Å²) in [4.78, 5) is 29.0. The number of nitrogen functional groups attached to an aromatic ring is 1. The van der Waals surface area contributed by atoms with Gasteiger partial charge in [-0.05, 0) is 42.8 Å². The van der Waals surface area contributed by atoms with Crippen LogP contribution in [0.5, 0.6) is 0 Å². The van der Waals surface area contributed by atoms with Crippen LogP contribution in [0.4, 0.5) is 33.1 Å². The number of hydrogen-bond donors (Lipinski definition) is 3. The van der Waals surface area contributed by atoms with Gasteiger partial charge in [-0.15, -0.1) is 0 Å². The van der Waals surface area contributed by atoms with Gasteiger partial charge in [-0.1, -0.05) is 29.8 Å². The van der Waals surface area contributed by atoms with E-state index in [1.54, 1.807) is 24.4 Å². The zero-order valence-electron chi connectivity index (χ0n) is 21.5. The van der Waals surface area contributed by atoms with Gasteiger partial charge < -0.3 is 26.0 Å². The number of anilines is 5. The molecule has 1 amide bonds. The number of morpholine rings is 1. The molecule has 0 aliphatic carbocycles. The molecule has 0 spiro atoms. The highest BCUT2D eigenvalue weighted by atomic mass is 35.5. The molecule has 9 nitrogen and oxygen atoms in total. The molecule has 11 heteroatoms. The van der Waals surface area contributed by atoms with Gasteiger partial charge in [-0.25, -0.2) is 19.3 Å². The molecule has 1 aliphatic heterocycles. The Labute approximate surface area is 234 Å². The molecule has 0 atom stereocenters. The van der Waals surface area contributed by atoms with Gasteiger partial charge in [0, 0.05) is 41.1 Å². The van der Waals surface area contributed by atoms with Crippen molar-refractivity contribution in [3.8, 4) is 0 Å². The summed E-state index contributed by atoms with van der Waals surface area (Å²) in [5.74, 6) is -0.196. The average molecular weight is 558 g/mol. The second kappa shape index (κ2) is 10.6. The SMILES string of the molecule is Cc1ccc2c(Nc3cccc(Cl)c3F)nccc2c1NC(=O)c1cc(N2CCOCC2)cc2c(N)ncnc12. The number of pyridine rings is 1. The van der Waals surface area contributed by atoms with Gasteiger partial charge in [-0.2, -0.15) is 0 Å². The number of nitrogens with one attached hydrogen (secondary N) is 2. The van der Waals surface area contributed by atoms with E-state index >= 15 is 0 Å². The molecule has 3 aromatic carbocycles. The van der Waals surface area contributed by atoms with Gasteiger partial charge in [0.15, 0.2) is 5.82 Å². The lowest BCUT2D eigenvalue weighted by Gasteiger charge is -2.29. The van der Waals surface area contributed by atoms with Crippen LogP contribution >= 0.6 is 11.6 Å². The van der Waals surface area contributed by atoms with E-state index in [9.17, 15) is 9.18 Å². The van der Waals surface area contributed by atoms with Crippen LogP contribution in [0.1, 0.15) is 15.9 Å². The lowest BCUT2D eigenvalue weighted by Crippen LogP contribution is -2.36. The molecule has 6 rings (SSSR count). The maximum absolute atomic E-state index is 14.6. The van der Waals surface area contributed by atoms with Gasteiger partial charge in [0.1, 0.15) is 18.0 Å². The quantitative estimate of drug-likeness (QED) is 0.252. The highest BCUT2D eigenvalue weighted by Crippen LogP contribution is 2.35. The van der Waals surface area contributed by atoms with E-state index in [0.717, 1.165) is 16.6 Å². The minimum atomic E-state index is -0.572. The Morgan fingerprint density at radius 2 is 1.88 bits per heavy atom. The Morgan fingerprint density at radius 1 is 1.05 bits per heavy atom. The van der Waals surface area contributed by atoms with Crippen LogP contribution in [-0.4, -0.2) is 47.2 Å². The van der Waals surface area contributed by atoms with E-state index < -0.39 is 5.82 Å². The van der Waals surface area contributed by atoms with Crippen LogP contribution in [-0.2, 0) is 4.74 Å². The monoisotopic (exact) mass is 557 g/mol. The third kappa shape index (κ3) is 4.72. The molecule has 1 saturated heterocycles. The van der Waals surface area contributed by atoms with Crippen LogP contribution in [0, 0.1) is 12.7 Å². The fourth-order valence-electron chi connectivity index (χ4n) is 4.89. The molecule has 0 saturated carbocycles. The summed E-state index contributed by atoms with van der Waals surface area (Å²) < 4.78 is 20.1. The van der Waals surface area contributed by atoms with Crippen molar-refractivity contribution >= 4 is 67.9 Å². The number of ether oxygens (including phenoxy) is 1. The van der Waals surface area contributed by atoms with Gasteiger partial charge >= 0.3 is 0 Å². The minimum Gasteiger partial charge on any atom is -0.383 e. The smallest absolute Gasteiger partial charge is 0.257 e. The van der Waals surface area contributed by atoms with Crippen LogP contribution in [0.15, 0.2) is 61.1 Å². The Balaban J connectivity index is 1.41. The Bertz CT molecular complexity index is 1780. The van der Waals surface area contributed by atoms with Crippen molar-refractivity contribution in [2.45, 2.75) is 6.92 Å². The molecule has 0 radical (unpaired) electrons. The minimum absolute atomic E-state index is 0.00464. The predicted octanol–water partition coefficient (Wildman–Crippen LogP) is 5.69. The first-order valence-electron chi connectivity index (χ1n) is 12.7. The number of nitrogens with zero attached hydrogens (tertiary/aromatic N) is 4.